The van der Waals surface area contributed by atoms with E-state index < -0.39 is 0 Å². The van der Waals surface area contributed by atoms with Crippen LogP contribution in [0, 0.1) is 0 Å². The minimum absolute atomic E-state index is 0.271. The van der Waals surface area contributed by atoms with E-state index in [4.69, 9.17) is 23.2 Å². The monoisotopic (exact) mass is 383 g/mol. The summed E-state index contributed by atoms with van der Waals surface area (Å²) in [5.74, 6) is 0.0104. The van der Waals surface area contributed by atoms with Crippen molar-refractivity contribution in [3.63, 3.8) is 0 Å². The van der Waals surface area contributed by atoms with Crippen molar-refractivity contribution >= 4 is 46.4 Å². The number of hydrogen-bond donors (Lipinski definition) is 2. The van der Waals surface area contributed by atoms with Gasteiger partial charge in [0.25, 0.3) is 5.91 Å². The quantitative estimate of drug-likeness (QED) is 0.461. The summed E-state index contributed by atoms with van der Waals surface area (Å²) in [6.07, 6.45) is 0. The number of anilines is 1. The second-order valence-electron chi connectivity index (χ2n) is 5.37. The highest BCUT2D eigenvalue weighted by atomic mass is 35.5. The third kappa shape index (κ3) is 4.85. The van der Waals surface area contributed by atoms with Crippen molar-refractivity contribution in [1.82, 2.24) is 5.32 Å². The van der Waals surface area contributed by atoms with Crippen molar-refractivity contribution < 1.29 is 4.79 Å². The highest BCUT2D eigenvalue weighted by molar-refractivity contribution is 6.42. The second kappa shape index (κ2) is 8.52. The molecule has 0 atom stereocenters. The molecule has 0 spiro atoms. The fraction of sp³-hybridized carbons (Fsp3) is 0. The number of hydrogen-bond acceptors (Lipinski definition) is 2. The number of nitrogens with one attached hydrogen (secondary N) is 2. The average Bonchev–Trinajstić information content (AvgIpc) is 2.66. The van der Waals surface area contributed by atoms with Crippen molar-refractivity contribution in [1.29, 1.82) is 0 Å². The zero-order valence-corrected chi connectivity index (χ0v) is 15.1. The fourth-order valence-electron chi connectivity index (χ4n) is 2.20. The lowest BCUT2D eigenvalue weighted by atomic mass is 10.2. The third-order valence-corrected chi connectivity index (χ3v) is 4.19. The molecule has 4 nitrogen and oxygen atoms in total. The van der Waals surface area contributed by atoms with Gasteiger partial charge in [-0.2, -0.15) is 0 Å². The number of para-hydroxylation sites is 1. The summed E-state index contributed by atoms with van der Waals surface area (Å²) in [4.78, 5) is 16.9. The van der Waals surface area contributed by atoms with Crippen molar-refractivity contribution in [2.24, 2.45) is 4.99 Å². The van der Waals surface area contributed by atoms with Gasteiger partial charge in [0, 0.05) is 11.3 Å². The van der Waals surface area contributed by atoms with Gasteiger partial charge in [0.1, 0.15) is 0 Å². The molecule has 2 N–H and O–H groups in total. The van der Waals surface area contributed by atoms with E-state index in [-0.39, 0.29) is 11.9 Å². The Balaban J connectivity index is 1.87. The highest BCUT2D eigenvalue weighted by Crippen LogP contribution is 2.25. The molecule has 0 aliphatic carbocycles. The molecule has 0 unspecified atom stereocenters. The number of nitrogens with zero attached hydrogens (tertiary/aromatic N) is 1. The maximum absolute atomic E-state index is 12.5. The Morgan fingerprint density at radius 2 is 1.46 bits per heavy atom. The van der Waals surface area contributed by atoms with Gasteiger partial charge >= 0.3 is 0 Å². The molecule has 0 aromatic heterocycles. The molecule has 0 radical (unpaired) electrons. The number of carbonyl (C=O) groups excluding carboxylic acids is 1. The van der Waals surface area contributed by atoms with E-state index in [2.05, 4.69) is 15.6 Å². The summed E-state index contributed by atoms with van der Waals surface area (Å²) in [5.41, 5.74) is 1.88. The Labute approximate surface area is 161 Å². The molecule has 1 amide bonds. The smallest absolute Gasteiger partial charge is 0.257 e. The number of guanidine groups is 1. The Kier molecular flexibility index (Phi) is 5.89. The van der Waals surface area contributed by atoms with Crippen molar-refractivity contribution in [3.8, 4) is 0 Å². The summed E-state index contributed by atoms with van der Waals surface area (Å²) >= 11 is 12.0. The standard InChI is InChI=1S/C20H15Cl2N3O/c21-17-12-11-16(13-18(17)22)24-20(23-15-9-5-2-6-10-15)25-19(26)14-7-3-1-4-8-14/h1-13H,(H2,23,24,25,26). The van der Waals surface area contributed by atoms with Crippen LogP contribution in [0.3, 0.4) is 0 Å². The molecule has 6 heteroatoms. The van der Waals surface area contributed by atoms with Gasteiger partial charge in [-0.05, 0) is 42.5 Å². The molecule has 26 heavy (non-hydrogen) atoms. The van der Waals surface area contributed by atoms with Crippen LogP contribution in [0.2, 0.25) is 10.0 Å². The van der Waals surface area contributed by atoms with Gasteiger partial charge in [-0.25, -0.2) is 4.99 Å². The van der Waals surface area contributed by atoms with Crippen molar-refractivity contribution in [2.45, 2.75) is 0 Å². The van der Waals surface area contributed by atoms with E-state index in [0.717, 1.165) is 0 Å². The Hall–Kier alpha value is -2.82. The van der Waals surface area contributed by atoms with Crippen LogP contribution in [-0.2, 0) is 0 Å². The normalized spacial score (nSPS) is 11.1. The van der Waals surface area contributed by atoms with Crippen LogP contribution in [-0.4, -0.2) is 11.9 Å². The lowest BCUT2D eigenvalue weighted by molar-refractivity contribution is 0.0977. The molecular formula is C20H15Cl2N3O. The molecule has 3 aromatic carbocycles. The summed E-state index contributed by atoms with van der Waals surface area (Å²) in [7, 11) is 0. The van der Waals surface area contributed by atoms with E-state index in [1.54, 1.807) is 42.5 Å². The lowest BCUT2D eigenvalue weighted by Gasteiger charge is -2.12. The summed E-state index contributed by atoms with van der Waals surface area (Å²) in [6, 6.07) is 23.3. The van der Waals surface area contributed by atoms with E-state index in [1.807, 2.05) is 36.4 Å². The van der Waals surface area contributed by atoms with Crippen LogP contribution in [0.5, 0.6) is 0 Å². The van der Waals surface area contributed by atoms with Gasteiger partial charge < -0.3 is 5.32 Å². The molecule has 0 aliphatic heterocycles. The second-order valence-corrected chi connectivity index (χ2v) is 6.18. The highest BCUT2D eigenvalue weighted by Gasteiger charge is 2.10. The summed E-state index contributed by atoms with van der Waals surface area (Å²) < 4.78 is 0. The van der Waals surface area contributed by atoms with Gasteiger partial charge in [0.2, 0.25) is 5.96 Å². The van der Waals surface area contributed by atoms with Crippen LogP contribution in [0.15, 0.2) is 83.9 Å². The van der Waals surface area contributed by atoms with Crippen molar-refractivity contribution in [3.05, 3.63) is 94.5 Å². The van der Waals surface area contributed by atoms with Gasteiger partial charge in [0.15, 0.2) is 0 Å². The van der Waals surface area contributed by atoms with Crippen molar-refractivity contribution in [2.75, 3.05) is 5.32 Å². The Bertz CT molecular complexity index is 928. The van der Waals surface area contributed by atoms with E-state index >= 15 is 0 Å². The molecule has 0 saturated heterocycles. The molecule has 0 saturated carbocycles. The first kappa shape index (κ1) is 18.0. The number of aliphatic imine (C=N–C) groups is 1. The molecule has 0 fully saturated rings. The maximum Gasteiger partial charge on any atom is 0.257 e. The predicted molar refractivity (Wildman–Crippen MR) is 108 cm³/mol. The van der Waals surface area contributed by atoms with Crippen LogP contribution in [0.1, 0.15) is 10.4 Å². The molecule has 3 aromatic rings. The van der Waals surface area contributed by atoms with Crippen LogP contribution in [0.4, 0.5) is 11.4 Å². The molecule has 130 valence electrons. The van der Waals surface area contributed by atoms with Gasteiger partial charge in [0.05, 0.1) is 15.7 Å². The molecule has 0 aliphatic rings. The number of amides is 1. The van der Waals surface area contributed by atoms with E-state index in [9.17, 15) is 4.79 Å². The van der Waals surface area contributed by atoms with Crippen LogP contribution < -0.4 is 10.6 Å². The van der Waals surface area contributed by atoms with Gasteiger partial charge in [-0.1, -0.05) is 59.6 Å². The maximum atomic E-state index is 12.5. The van der Waals surface area contributed by atoms with Gasteiger partial charge in [-0.3, -0.25) is 10.1 Å². The minimum Gasteiger partial charge on any atom is -0.326 e. The first-order valence-corrected chi connectivity index (χ1v) is 8.59. The zero-order valence-electron chi connectivity index (χ0n) is 13.6. The predicted octanol–water partition coefficient (Wildman–Crippen LogP) is 5.52. The SMILES string of the molecule is O=C(NC(=Nc1ccccc1)Nc1ccc(Cl)c(Cl)c1)c1ccccc1. The first-order valence-electron chi connectivity index (χ1n) is 7.84. The summed E-state index contributed by atoms with van der Waals surface area (Å²) in [5, 5.41) is 6.72. The summed E-state index contributed by atoms with van der Waals surface area (Å²) in [6.45, 7) is 0. The largest absolute Gasteiger partial charge is 0.326 e. The molecule has 0 heterocycles. The van der Waals surface area contributed by atoms with E-state index in [0.29, 0.717) is 27.0 Å². The van der Waals surface area contributed by atoms with E-state index in [1.165, 1.54) is 0 Å². The topological polar surface area (TPSA) is 53.5 Å². The molecule has 3 rings (SSSR count). The van der Waals surface area contributed by atoms with Crippen LogP contribution in [0.25, 0.3) is 0 Å². The zero-order chi connectivity index (χ0) is 18.4. The number of halogens is 2. The molecule has 0 bridgehead atoms. The Morgan fingerprint density at radius 1 is 0.808 bits per heavy atom. The Morgan fingerprint density at radius 3 is 2.12 bits per heavy atom. The lowest BCUT2D eigenvalue weighted by Crippen LogP contribution is -2.35. The number of carbonyl (C=O) groups is 1. The van der Waals surface area contributed by atoms with Crippen LogP contribution >= 0.6 is 23.2 Å². The third-order valence-electron chi connectivity index (χ3n) is 3.45. The minimum atomic E-state index is -0.271. The average molecular weight is 384 g/mol. The molecular weight excluding hydrogens is 369 g/mol. The fourth-order valence-corrected chi connectivity index (χ4v) is 2.50. The van der Waals surface area contributed by atoms with Gasteiger partial charge in [-0.15, -0.1) is 0 Å². The first-order chi connectivity index (χ1) is 12.6. The number of rotatable bonds is 3. The number of benzene rings is 3.